The summed E-state index contributed by atoms with van der Waals surface area (Å²) >= 11 is 0. The van der Waals surface area contributed by atoms with Gasteiger partial charge < -0.3 is 10.2 Å². The summed E-state index contributed by atoms with van der Waals surface area (Å²) in [7, 11) is 0. The average Bonchev–Trinajstić information content (AvgIpc) is 1.63. The van der Waals surface area contributed by atoms with E-state index in [1.807, 2.05) is 0 Å². The van der Waals surface area contributed by atoms with Gasteiger partial charge in [0.1, 0.15) is 6.10 Å². The summed E-state index contributed by atoms with van der Waals surface area (Å²) in [5.41, 5.74) is 0. The van der Waals surface area contributed by atoms with E-state index in [0.29, 0.717) is 6.42 Å². The molecule has 9 heavy (non-hydrogen) atoms. The maximum Gasteiger partial charge on any atom is 0.117 e. The van der Waals surface area contributed by atoms with E-state index in [1.165, 1.54) is 0 Å². The third-order valence-corrected chi connectivity index (χ3v) is 0.875. The minimum atomic E-state index is -0.671. The highest BCUT2D eigenvalue weighted by atomic mass is 16.3. The molecule has 0 spiro atoms. The predicted molar refractivity (Wildman–Crippen MR) is 35.8 cm³/mol. The minimum Gasteiger partial charge on any atom is -0.393 e. The topological polar surface area (TPSA) is 40.5 Å². The molecule has 2 N–H and O–H groups in total. The fourth-order valence-electron chi connectivity index (χ4n) is 0.549. The Morgan fingerprint density at radius 2 is 2.00 bits per heavy atom. The first-order valence-corrected chi connectivity index (χ1v) is 2.95. The van der Waals surface area contributed by atoms with Crippen molar-refractivity contribution in [2.75, 3.05) is 0 Å². The molecule has 52 valence electrons. The minimum absolute atomic E-state index is 0.334. The van der Waals surface area contributed by atoms with E-state index in [-0.39, 0.29) is 0 Å². The van der Waals surface area contributed by atoms with Crippen LogP contribution in [-0.2, 0) is 0 Å². The van der Waals surface area contributed by atoms with Crippen molar-refractivity contribution in [1.82, 2.24) is 0 Å². The largest absolute Gasteiger partial charge is 0.393 e. The van der Waals surface area contributed by atoms with Crippen molar-refractivity contribution in [3.63, 3.8) is 0 Å². The summed E-state index contributed by atoms with van der Waals surface area (Å²) in [6, 6.07) is 0. The van der Waals surface area contributed by atoms with Crippen LogP contribution in [0.5, 0.6) is 0 Å². The lowest BCUT2D eigenvalue weighted by Gasteiger charge is -2.04. The molecule has 0 rings (SSSR count). The van der Waals surface area contributed by atoms with Gasteiger partial charge in [-0.1, -0.05) is 5.92 Å². The van der Waals surface area contributed by atoms with Crippen molar-refractivity contribution in [2.45, 2.75) is 32.5 Å². The highest BCUT2D eigenvalue weighted by molar-refractivity contribution is 5.01. The van der Waals surface area contributed by atoms with Crippen molar-refractivity contribution < 1.29 is 10.2 Å². The van der Waals surface area contributed by atoms with Gasteiger partial charge in [-0.15, -0.1) is 5.92 Å². The van der Waals surface area contributed by atoms with Crippen LogP contribution in [0.2, 0.25) is 0 Å². The van der Waals surface area contributed by atoms with Crippen molar-refractivity contribution in [3.8, 4) is 11.8 Å². The lowest BCUT2D eigenvalue weighted by Crippen LogP contribution is -2.12. The van der Waals surface area contributed by atoms with Gasteiger partial charge >= 0.3 is 0 Å². The maximum absolute atomic E-state index is 8.89. The molecule has 0 heterocycles. The van der Waals surface area contributed by atoms with Gasteiger partial charge in [0.05, 0.1) is 6.10 Å². The standard InChI is InChI=1S/C7H12O2/c1-3-4-7(9)5-6(2)8/h6-9H,5H2,1-2H3. The smallest absolute Gasteiger partial charge is 0.117 e. The van der Waals surface area contributed by atoms with E-state index < -0.39 is 12.2 Å². The number of hydrogen-bond donors (Lipinski definition) is 2. The number of rotatable bonds is 2. The first kappa shape index (κ1) is 8.48. The average molecular weight is 128 g/mol. The van der Waals surface area contributed by atoms with Crippen molar-refractivity contribution in [2.24, 2.45) is 0 Å². The van der Waals surface area contributed by atoms with Gasteiger partial charge in [0.25, 0.3) is 0 Å². The van der Waals surface area contributed by atoms with Crippen LogP contribution in [0.25, 0.3) is 0 Å². The molecule has 2 nitrogen and oxygen atoms in total. The predicted octanol–water partition coefficient (Wildman–Crippen LogP) is 0.142. The Labute approximate surface area is 55.5 Å². The van der Waals surface area contributed by atoms with Gasteiger partial charge in [-0.05, 0) is 13.8 Å². The SMILES string of the molecule is CC#CC(O)CC(C)O. The molecule has 2 unspecified atom stereocenters. The van der Waals surface area contributed by atoms with E-state index >= 15 is 0 Å². The molecule has 0 aliphatic heterocycles. The van der Waals surface area contributed by atoms with Crippen LogP contribution in [0.3, 0.4) is 0 Å². The molecule has 0 aliphatic carbocycles. The van der Waals surface area contributed by atoms with Crippen molar-refractivity contribution in [3.05, 3.63) is 0 Å². The second-order valence-electron chi connectivity index (χ2n) is 1.99. The second-order valence-corrected chi connectivity index (χ2v) is 1.99. The summed E-state index contributed by atoms with van der Waals surface area (Å²) < 4.78 is 0. The molecule has 0 amide bonds. The molecule has 0 fully saturated rings. The molecule has 2 atom stereocenters. The normalized spacial score (nSPS) is 15.6. The Bertz CT molecular complexity index is 119. The van der Waals surface area contributed by atoms with Gasteiger partial charge in [0.2, 0.25) is 0 Å². The molecule has 0 aromatic rings. The third-order valence-electron chi connectivity index (χ3n) is 0.875. The monoisotopic (exact) mass is 128 g/mol. The van der Waals surface area contributed by atoms with Crippen molar-refractivity contribution >= 4 is 0 Å². The first-order valence-electron chi connectivity index (χ1n) is 2.95. The number of hydrogen-bond acceptors (Lipinski definition) is 2. The molecule has 0 aromatic carbocycles. The van der Waals surface area contributed by atoms with Crippen LogP contribution in [0.4, 0.5) is 0 Å². The quantitative estimate of drug-likeness (QED) is 0.519. The van der Waals surface area contributed by atoms with Crippen LogP contribution in [0.15, 0.2) is 0 Å². The molecule has 0 aliphatic rings. The summed E-state index contributed by atoms with van der Waals surface area (Å²) in [5, 5.41) is 17.6. The number of aliphatic hydroxyl groups excluding tert-OH is 2. The fraction of sp³-hybridized carbons (Fsp3) is 0.714. The summed E-state index contributed by atoms with van der Waals surface area (Å²) in [5.74, 6) is 5.08. The highest BCUT2D eigenvalue weighted by Gasteiger charge is 2.02. The Morgan fingerprint density at radius 3 is 2.33 bits per heavy atom. The molecule has 0 radical (unpaired) electrons. The maximum atomic E-state index is 8.89. The van der Waals surface area contributed by atoms with Gasteiger partial charge in [0, 0.05) is 6.42 Å². The van der Waals surface area contributed by atoms with E-state index in [1.54, 1.807) is 13.8 Å². The molecule has 0 aromatic heterocycles. The highest BCUT2D eigenvalue weighted by Crippen LogP contribution is 1.94. The fourth-order valence-corrected chi connectivity index (χ4v) is 0.549. The molecule has 0 saturated carbocycles. The van der Waals surface area contributed by atoms with E-state index in [0.717, 1.165) is 0 Å². The zero-order valence-corrected chi connectivity index (χ0v) is 5.76. The van der Waals surface area contributed by atoms with E-state index in [4.69, 9.17) is 10.2 Å². The third kappa shape index (κ3) is 5.35. The Balaban J connectivity index is 3.46. The van der Waals surface area contributed by atoms with Gasteiger partial charge in [-0.25, -0.2) is 0 Å². The first-order chi connectivity index (χ1) is 4.16. The Morgan fingerprint density at radius 1 is 1.44 bits per heavy atom. The number of aliphatic hydroxyl groups is 2. The Hall–Kier alpha value is -0.520. The van der Waals surface area contributed by atoms with Crippen LogP contribution < -0.4 is 0 Å². The van der Waals surface area contributed by atoms with Gasteiger partial charge in [-0.2, -0.15) is 0 Å². The van der Waals surface area contributed by atoms with Crippen LogP contribution in [-0.4, -0.2) is 22.4 Å². The van der Waals surface area contributed by atoms with E-state index in [9.17, 15) is 0 Å². The summed E-state index contributed by atoms with van der Waals surface area (Å²) in [6.45, 7) is 3.28. The zero-order chi connectivity index (χ0) is 7.28. The lowest BCUT2D eigenvalue weighted by molar-refractivity contribution is 0.121. The molecular weight excluding hydrogens is 116 g/mol. The van der Waals surface area contributed by atoms with Gasteiger partial charge in [-0.3, -0.25) is 0 Å². The van der Waals surface area contributed by atoms with Crippen LogP contribution in [0, 0.1) is 11.8 Å². The van der Waals surface area contributed by atoms with E-state index in [2.05, 4.69) is 11.8 Å². The zero-order valence-electron chi connectivity index (χ0n) is 5.76. The van der Waals surface area contributed by atoms with Crippen LogP contribution >= 0.6 is 0 Å². The second kappa shape index (κ2) is 4.37. The molecule has 0 saturated heterocycles. The summed E-state index contributed by atoms with van der Waals surface area (Å²) in [4.78, 5) is 0. The van der Waals surface area contributed by atoms with Crippen molar-refractivity contribution in [1.29, 1.82) is 0 Å². The molecular formula is C7H12O2. The Kier molecular flexibility index (Phi) is 4.12. The van der Waals surface area contributed by atoms with Gasteiger partial charge in [0.15, 0.2) is 0 Å². The molecule has 2 heteroatoms. The van der Waals surface area contributed by atoms with Crippen LogP contribution in [0.1, 0.15) is 20.3 Å². The summed E-state index contributed by atoms with van der Waals surface area (Å²) in [6.07, 6.45) is -0.809. The molecule has 0 bridgehead atoms. The lowest BCUT2D eigenvalue weighted by atomic mass is 10.2.